The molecular formula is C23H32N4O3. The maximum Gasteiger partial charge on any atom is 0.194 e. The first-order valence-electron chi connectivity index (χ1n) is 10.8. The summed E-state index contributed by atoms with van der Waals surface area (Å²) in [7, 11) is 1.71. The highest BCUT2D eigenvalue weighted by atomic mass is 16.5. The first-order valence-corrected chi connectivity index (χ1v) is 10.8. The summed E-state index contributed by atoms with van der Waals surface area (Å²) in [5.74, 6) is 3.42. The Morgan fingerprint density at radius 1 is 1.20 bits per heavy atom. The van der Waals surface area contributed by atoms with Crippen LogP contribution in [0.25, 0.3) is 0 Å². The van der Waals surface area contributed by atoms with Gasteiger partial charge in [-0.1, -0.05) is 6.07 Å². The van der Waals surface area contributed by atoms with Crippen molar-refractivity contribution in [1.82, 2.24) is 10.2 Å². The van der Waals surface area contributed by atoms with Gasteiger partial charge in [-0.05, 0) is 30.7 Å². The molecule has 2 aliphatic heterocycles. The van der Waals surface area contributed by atoms with E-state index >= 15 is 0 Å². The predicted octanol–water partition coefficient (Wildman–Crippen LogP) is 2.64. The molecule has 0 aliphatic carbocycles. The summed E-state index contributed by atoms with van der Waals surface area (Å²) in [6, 6.07) is 12.2. The van der Waals surface area contributed by atoms with Crippen molar-refractivity contribution < 1.29 is 13.9 Å². The number of anilines is 1. The van der Waals surface area contributed by atoms with Gasteiger partial charge in [0.2, 0.25) is 0 Å². The molecule has 3 heterocycles. The minimum atomic E-state index is 0.532. The van der Waals surface area contributed by atoms with Crippen molar-refractivity contribution in [2.75, 3.05) is 64.5 Å². The Morgan fingerprint density at radius 2 is 2.10 bits per heavy atom. The van der Waals surface area contributed by atoms with E-state index < -0.39 is 0 Å². The summed E-state index contributed by atoms with van der Waals surface area (Å²) in [6.07, 6.45) is 3.68. The Bertz CT molecular complexity index is 795. The number of rotatable bonds is 7. The molecule has 2 saturated heterocycles. The van der Waals surface area contributed by atoms with Crippen LogP contribution >= 0.6 is 0 Å². The molecule has 1 unspecified atom stereocenters. The van der Waals surface area contributed by atoms with Gasteiger partial charge in [-0.15, -0.1) is 0 Å². The molecule has 1 aromatic heterocycles. The van der Waals surface area contributed by atoms with Gasteiger partial charge in [0.25, 0.3) is 0 Å². The van der Waals surface area contributed by atoms with Crippen LogP contribution in [0.2, 0.25) is 0 Å². The molecule has 162 valence electrons. The number of guanidine groups is 1. The standard InChI is InChI=1S/C23H32N4O3/c1-28-22-5-2-4-20(16-22)26-10-12-27(13-11-26)23(25-17-19-8-15-29-18-19)24-9-7-21-6-3-14-30-21/h2-6,14,16,19H,7-13,15,17-18H2,1H3,(H,24,25). The highest BCUT2D eigenvalue weighted by molar-refractivity contribution is 5.80. The molecule has 4 rings (SSSR count). The number of furan rings is 1. The molecule has 7 heteroatoms. The van der Waals surface area contributed by atoms with Crippen molar-refractivity contribution in [2.45, 2.75) is 12.8 Å². The number of aliphatic imine (C=N–C) groups is 1. The quantitative estimate of drug-likeness (QED) is 0.557. The Balaban J connectivity index is 1.35. The van der Waals surface area contributed by atoms with E-state index in [2.05, 4.69) is 27.2 Å². The summed E-state index contributed by atoms with van der Waals surface area (Å²) in [6.45, 7) is 7.10. The highest BCUT2D eigenvalue weighted by Crippen LogP contribution is 2.22. The van der Waals surface area contributed by atoms with Crippen molar-refractivity contribution in [1.29, 1.82) is 0 Å². The predicted molar refractivity (Wildman–Crippen MR) is 118 cm³/mol. The highest BCUT2D eigenvalue weighted by Gasteiger charge is 2.21. The largest absolute Gasteiger partial charge is 0.497 e. The molecule has 2 fully saturated rings. The van der Waals surface area contributed by atoms with Gasteiger partial charge in [0, 0.05) is 70.0 Å². The molecule has 0 radical (unpaired) electrons. The lowest BCUT2D eigenvalue weighted by Gasteiger charge is -2.38. The minimum absolute atomic E-state index is 0.532. The molecule has 0 amide bonds. The van der Waals surface area contributed by atoms with Crippen molar-refractivity contribution in [3.63, 3.8) is 0 Å². The van der Waals surface area contributed by atoms with Crippen LogP contribution in [0.3, 0.4) is 0 Å². The third-order valence-electron chi connectivity index (χ3n) is 5.76. The maximum absolute atomic E-state index is 5.51. The Hall–Kier alpha value is -2.67. The molecular weight excluding hydrogens is 380 g/mol. The van der Waals surface area contributed by atoms with Gasteiger partial charge < -0.3 is 29.0 Å². The molecule has 0 saturated carbocycles. The average Bonchev–Trinajstić information content (AvgIpc) is 3.51. The lowest BCUT2D eigenvalue weighted by molar-refractivity contribution is 0.187. The summed E-state index contributed by atoms with van der Waals surface area (Å²) in [5.41, 5.74) is 1.21. The van der Waals surface area contributed by atoms with Crippen molar-refractivity contribution in [3.05, 3.63) is 48.4 Å². The Morgan fingerprint density at radius 3 is 2.83 bits per heavy atom. The number of nitrogens with one attached hydrogen (secondary N) is 1. The van der Waals surface area contributed by atoms with Crippen LogP contribution in [-0.4, -0.2) is 70.5 Å². The van der Waals surface area contributed by atoms with Crippen LogP contribution in [0.1, 0.15) is 12.2 Å². The van der Waals surface area contributed by atoms with Gasteiger partial charge in [0.15, 0.2) is 5.96 Å². The van der Waals surface area contributed by atoms with Gasteiger partial charge in [0.05, 0.1) is 20.0 Å². The summed E-state index contributed by atoms with van der Waals surface area (Å²) in [5, 5.41) is 3.56. The van der Waals surface area contributed by atoms with E-state index in [1.807, 2.05) is 24.3 Å². The van der Waals surface area contributed by atoms with E-state index in [4.69, 9.17) is 18.9 Å². The van der Waals surface area contributed by atoms with Gasteiger partial charge in [-0.3, -0.25) is 4.99 Å². The average molecular weight is 413 g/mol. The van der Waals surface area contributed by atoms with Crippen LogP contribution in [0.5, 0.6) is 5.75 Å². The fourth-order valence-corrected chi connectivity index (χ4v) is 3.95. The molecule has 1 N–H and O–H groups in total. The van der Waals surface area contributed by atoms with Crippen LogP contribution in [-0.2, 0) is 11.2 Å². The fourth-order valence-electron chi connectivity index (χ4n) is 3.95. The fraction of sp³-hybridized carbons (Fsp3) is 0.522. The van der Waals surface area contributed by atoms with Crippen molar-refractivity contribution >= 4 is 11.6 Å². The zero-order valence-corrected chi connectivity index (χ0v) is 17.8. The van der Waals surface area contributed by atoms with Gasteiger partial charge >= 0.3 is 0 Å². The Labute approximate surface area is 178 Å². The zero-order chi connectivity index (χ0) is 20.6. The summed E-state index contributed by atoms with van der Waals surface area (Å²) < 4.78 is 16.3. The van der Waals surface area contributed by atoms with Crippen LogP contribution in [0.4, 0.5) is 5.69 Å². The van der Waals surface area contributed by atoms with Crippen LogP contribution < -0.4 is 15.0 Å². The monoisotopic (exact) mass is 412 g/mol. The van der Waals surface area contributed by atoms with Gasteiger partial charge in [0.1, 0.15) is 11.5 Å². The Kier molecular flexibility index (Phi) is 7.13. The first kappa shape index (κ1) is 20.6. The zero-order valence-electron chi connectivity index (χ0n) is 17.8. The third kappa shape index (κ3) is 5.48. The SMILES string of the molecule is COc1cccc(N2CCN(C(=NCC3CCOC3)NCCc3ccco3)CC2)c1. The number of benzene rings is 1. The number of piperazine rings is 1. The molecule has 1 atom stereocenters. The number of methoxy groups -OCH3 is 1. The summed E-state index contributed by atoms with van der Waals surface area (Å²) in [4.78, 5) is 9.73. The second kappa shape index (κ2) is 10.4. The molecule has 1 aromatic carbocycles. The molecule has 2 aliphatic rings. The lowest BCUT2D eigenvalue weighted by Crippen LogP contribution is -2.53. The van der Waals surface area contributed by atoms with E-state index in [1.165, 1.54) is 5.69 Å². The smallest absolute Gasteiger partial charge is 0.194 e. The molecule has 0 spiro atoms. The molecule has 30 heavy (non-hydrogen) atoms. The second-order valence-electron chi connectivity index (χ2n) is 7.83. The minimum Gasteiger partial charge on any atom is -0.497 e. The molecule has 2 aromatic rings. The second-order valence-corrected chi connectivity index (χ2v) is 7.83. The van der Waals surface area contributed by atoms with Gasteiger partial charge in [-0.2, -0.15) is 0 Å². The number of ether oxygens (including phenoxy) is 2. The van der Waals surface area contributed by atoms with E-state index in [1.54, 1.807) is 13.4 Å². The number of nitrogens with zero attached hydrogens (tertiary/aromatic N) is 3. The molecule has 7 nitrogen and oxygen atoms in total. The van der Waals surface area contributed by atoms with Crippen molar-refractivity contribution in [2.24, 2.45) is 10.9 Å². The summed E-state index contributed by atoms with van der Waals surface area (Å²) >= 11 is 0. The van der Waals surface area contributed by atoms with Crippen LogP contribution in [0, 0.1) is 5.92 Å². The van der Waals surface area contributed by atoms with E-state index in [0.717, 1.165) is 82.8 Å². The number of hydrogen-bond acceptors (Lipinski definition) is 5. The van der Waals surface area contributed by atoms with Crippen LogP contribution in [0.15, 0.2) is 52.1 Å². The normalized spacial score (nSPS) is 19.9. The maximum atomic E-state index is 5.51. The third-order valence-corrected chi connectivity index (χ3v) is 5.76. The van der Waals surface area contributed by atoms with E-state index in [-0.39, 0.29) is 0 Å². The van der Waals surface area contributed by atoms with E-state index in [0.29, 0.717) is 5.92 Å². The topological polar surface area (TPSA) is 62.5 Å². The molecule has 0 bridgehead atoms. The van der Waals surface area contributed by atoms with Gasteiger partial charge in [-0.25, -0.2) is 0 Å². The van der Waals surface area contributed by atoms with Crippen molar-refractivity contribution in [3.8, 4) is 5.75 Å². The number of hydrogen-bond donors (Lipinski definition) is 1. The van der Waals surface area contributed by atoms with E-state index in [9.17, 15) is 0 Å². The lowest BCUT2D eigenvalue weighted by atomic mass is 10.1. The first-order chi connectivity index (χ1) is 14.8.